The molecule has 0 amide bonds. The molecule has 5 nitrogen and oxygen atoms in total. The lowest BCUT2D eigenvalue weighted by molar-refractivity contribution is 0.327. The number of halogens is 2. The number of benzene rings is 1. The maximum absolute atomic E-state index is 13.0. The summed E-state index contributed by atoms with van der Waals surface area (Å²) >= 11 is 0. The molecule has 3 rings (SSSR count). The van der Waals surface area contributed by atoms with Crippen LogP contribution in [0.4, 0.5) is 0 Å². The Kier molecular flexibility index (Phi) is 7.89. The van der Waals surface area contributed by atoms with Crippen LogP contribution in [0.25, 0.3) is 10.8 Å². The normalized spacial score (nSPS) is 19.1. The third-order valence-electron chi connectivity index (χ3n) is 4.21. The van der Waals surface area contributed by atoms with Crippen molar-refractivity contribution in [1.29, 1.82) is 0 Å². The molecule has 2 aromatic rings. The summed E-state index contributed by atoms with van der Waals surface area (Å²) in [6.45, 7) is 4.19. The maximum atomic E-state index is 13.0. The number of hydrogen-bond acceptors (Lipinski definition) is 4. The zero-order valence-electron chi connectivity index (χ0n) is 13.5. The molecule has 1 N–H and O–H groups in total. The van der Waals surface area contributed by atoms with Crippen LogP contribution in [-0.4, -0.2) is 43.4 Å². The van der Waals surface area contributed by atoms with E-state index in [4.69, 9.17) is 0 Å². The van der Waals surface area contributed by atoms with Gasteiger partial charge >= 0.3 is 0 Å². The van der Waals surface area contributed by atoms with Crippen LogP contribution in [-0.2, 0) is 10.0 Å². The fourth-order valence-electron chi connectivity index (χ4n) is 2.93. The molecule has 8 heteroatoms. The largest absolute Gasteiger partial charge is 0.315 e. The third kappa shape index (κ3) is 4.18. The fraction of sp³-hybridized carbons (Fsp3) is 0.438. The summed E-state index contributed by atoms with van der Waals surface area (Å²) in [7, 11) is -3.47. The average molecular weight is 392 g/mol. The summed E-state index contributed by atoms with van der Waals surface area (Å²) in [5, 5.41) is 5.17. The van der Waals surface area contributed by atoms with E-state index in [2.05, 4.69) is 10.3 Å². The molecule has 2 heterocycles. The molecular formula is C16H23Cl2N3O2S. The second-order valence-corrected chi connectivity index (χ2v) is 7.51. The maximum Gasteiger partial charge on any atom is 0.243 e. The number of rotatable bonds is 3. The summed E-state index contributed by atoms with van der Waals surface area (Å²) in [6.07, 6.45) is 5.08. The molecule has 1 saturated heterocycles. The van der Waals surface area contributed by atoms with Gasteiger partial charge in [-0.1, -0.05) is 13.0 Å². The molecule has 134 valence electrons. The zero-order chi connectivity index (χ0) is 15.6. The number of sulfonamides is 1. The highest BCUT2D eigenvalue weighted by atomic mass is 35.5. The van der Waals surface area contributed by atoms with E-state index in [0.29, 0.717) is 18.0 Å². The van der Waals surface area contributed by atoms with Gasteiger partial charge in [-0.2, -0.15) is 4.31 Å². The predicted molar refractivity (Wildman–Crippen MR) is 102 cm³/mol. The van der Waals surface area contributed by atoms with E-state index in [0.717, 1.165) is 30.2 Å². The van der Waals surface area contributed by atoms with Gasteiger partial charge < -0.3 is 5.32 Å². The highest BCUT2D eigenvalue weighted by Crippen LogP contribution is 2.24. The number of nitrogens with one attached hydrogen (secondary N) is 1. The molecule has 1 aromatic heterocycles. The number of pyridine rings is 1. The summed E-state index contributed by atoms with van der Waals surface area (Å²) < 4.78 is 27.7. The molecule has 1 aliphatic heterocycles. The van der Waals surface area contributed by atoms with E-state index in [1.54, 1.807) is 28.8 Å². The van der Waals surface area contributed by atoms with Gasteiger partial charge in [0.25, 0.3) is 0 Å². The topological polar surface area (TPSA) is 62.3 Å². The Morgan fingerprint density at radius 2 is 2.04 bits per heavy atom. The van der Waals surface area contributed by atoms with Crippen molar-refractivity contribution >= 4 is 45.6 Å². The minimum atomic E-state index is -3.47. The van der Waals surface area contributed by atoms with Crippen molar-refractivity contribution in [2.24, 2.45) is 0 Å². The van der Waals surface area contributed by atoms with Gasteiger partial charge in [-0.3, -0.25) is 4.98 Å². The minimum absolute atomic E-state index is 0. The van der Waals surface area contributed by atoms with Crippen LogP contribution >= 0.6 is 24.8 Å². The highest BCUT2D eigenvalue weighted by molar-refractivity contribution is 7.89. The van der Waals surface area contributed by atoms with Crippen LogP contribution in [0.15, 0.2) is 41.6 Å². The second kappa shape index (κ2) is 8.97. The Morgan fingerprint density at radius 1 is 1.25 bits per heavy atom. The van der Waals surface area contributed by atoms with Gasteiger partial charge in [0, 0.05) is 36.9 Å². The summed E-state index contributed by atoms with van der Waals surface area (Å²) in [6, 6.07) is 7.12. The molecule has 1 aliphatic rings. The molecule has 0 radical (unpaired) electrons. The van der Waals surface area contributed by atoms with E-state index in [9.17, 15) is 8.42 Å². The number of hydrogen-bond donors (Lipinski definition) is 1. The molecule has 0 aliphatic carbocycles. The molecule has 0 spiro atoms. The van der Waals surface area contributed by atoms with E-state index in [1.165, 1.54) is 0 Å². The molecule has 24 heavy (non-hydrogen) atoms. The number of aromatic nitrogens is 1. The van der Waals surface area contributed by atoms with Gasteiger partial charge in [-0.05, 0) is 43.0 Å². The van der Waals surface area contributed by atoms with Gasteiger partial charge in [-0.25, -0.2) is 8.42 Å². The monoisotopic (exact) mass is 391 g/mol. The van der Waals surface area contributed by atoms with Gasteiger partial charge in [0.15, 0.2) is 0 Å². The van der Waals surface area contributed by atoms with Gasteiger partial charge in [0.2, 0.25) is 10.0 Å². The van der Waals surface area contributed by atoms with E-state index in [1.807, 2.05) is 19.1 Å². The van der Waals surface area contributed by atoms with Crippen LogP contribution in [0.2, 0.25) is 0 Å². The van der Waals surface area contributed by atoms with Gasteiger partial charge in [-0.15, -0.1) is 24.8 Å². The smallest absolute Gasteiger partial charge is 0.243 e. The van der Waals surface area contributed by atoms with E-state index < -0.39 is 10.0 Å². The quantitative estimate of drug-likeness (QED) is 0.873. The summed E-state index contributed by atoms with van der Waals surface area (Å²) in [5.74, 6) is 0. The Balaban J connectivity index is 0.00000144. The van der Waals surface area contributed by atoms with Gasteiger partial charge in [0.1, 0.15) is 0 Å². The Labute approximate surface area is 155 Å². The Hall–Kier alpha value is -0.920. The lowest BCUT2D eigenvalue weighted by Gasteiger charge is -2.28. The van der Waals surface area contributed by atoms with Crippen molar-refractivity contribution in [2.45, 2.75) is 30.7 Å². The molecule has 0 saturated carbocycles. The van der Waals surface area contributed by atoms with Crippen molar-refractivity contribution < 1.29 is 8.42 Å². The first kappa shape index (κ1) is 21.1. The fourth-order valence-corrected chi connectivity index (χ4v) is 4.71. The zero-order valence-corrected chi connectivity index (χ0v) is 16.0. The highest BCUT2D eigenvalue weighted by Gasteiger charge is 2.31. The Bertz CT molecular complexity index is 771. The molecular weight excluding hydrogens is 369 g/mol. The van der Waals surface area contributed by atoms with Crippen LogP contribution in [0.3, 0.4) is 0 Å². The lowest BCUT2D eigenvalue weighted by Crippen LogP contribution is -2.43. The van der Waals surface area contributed by atoms with Crippen molar-refractivity contribution in [1.82, 2.24) is 14.6 Å². The number of fused-ring (bicyclic) bond motifs is 1. The predicted octanol–water partition coefficient (Wildman–Crippen LogP) is 2.84. The van der Waals surface area contributed by atoms with Crippen LogP contribution in [0, 0.1) is 0 Å². The first-order valence-corrected chi connectivity index (χ1v) is 9.13. The first-order valence-electron chi connectivity index (χ1n) is 7.69. The molecule has 0 bridgehead atoms. The second-order valence-electron chi connectivity index (χ2n) is 5.62. The number of nitrogens with zero attached hydrogens (tertiary/aromatic N) is 2. The van der Waals surface area contributed by atoms with Crippen LogP contribution in [0.5, 0.6) is 0 Å². The van der Waals surface area contributed by atoms with Gasteiger partial charge in [0.05, 0.1) is 4.90 Å². The van der Waals surface area contributed by atoms with Crippen molar-refractivity contribution in [3.8, 4) is 0 Å². The van der Waals surface area contributed by atoms with Crippen LogP contribution < -0.4 is 5.32 Å². The van der Waals surface area contributed by atoms with Crippen molar-refractivity contribution in [3.63, 3.8) is 0 Å². The van der Waals surface area contributed by atoms with E-state index >= 15 is 0 Å². The summed E-state index contributed by atoms with van der Waals surface area (Å²) in [5.41, 5.74) is 0. The molecule has 1 aromatic carbocycles. The van der Waals surface area contributed by atoms with Crippen molar-refractivity contribution in [3.05, 3.63) is 36.7 Å². The molecule has 1 atom stereocenters. The first-order chi connectivity index (χ1) is 10.6. The Morgan fingerprint density at radius 3 is 2.79 bits per heavy atom. The SMILES string of the molecule is CC[C@@H]1CNCCCN1S(=O)(=O)c1ccc2cnccc2c1.Cl.Cl. The third-order valence-corrected chi connectivity index (χ3v) is 6.16. The standard InChI is InChI=1S/C16H21N3O2S.2ClH/c1-2-15-12-17-7-3-9-19(15)22(20,21)16-5-4-14-11-18-8-6-13(14)10-16;;/h4-6,8,10-11,15,17H,2-3,7,9,12H2,1H3;2*1H/t15-;;/m1../s1. The van der Waals surface area contributed by atoms with E-state index in [-0.39, 0.29) is 30.9 Å². The lowest BCUT2D eigenvalue weighted by atomic mass is 10.2. The van der Waals surface area contributed by atoms with Crippen molar-refractivity contribution in [2.75, 3.05) is 19.6 Å². The summed E-state index contributed by atoms with van der Waals surface area (Å²) in [4.78, 5) is 4.43. The van der Waals surface area contributed by atoms with Crippen LogP contribution in [0.1, 0.15) is 19.8 Å². The molecule has 0 unspecified atom stereocenters. The average Bonchev–Trinajstić information content (AvgIpc) is 2.80. The minimum Gasteiger partial charge on any atom is -0.315 e. The molecule has 1 fully saturated rings.